The van der Waals surface area contributed by atoms with E-state index >= 15 is 0 Å². The van der Waals surface area contributed by atoms with E-state index in [1.165, 1.54) is 0 Å². The quantitative estimate of drug-likeness (QED) is 0.673. The summed E-state index contributed by atoms with van der Waals surface area (Å²) in [6.07, 6.45) is 3.05. The van der Waals surface area contributed by atoms with E-state index < -0.39 is 10.0 Å². The molecular weight excluding hydrogens is 380 g/mol. The number of amides is 1. The average molecular weight is 409 g/mol. The summed E-state index contributed by atoms with van der Waals surface area (Å²) in [6, 6.07) is 6.81. The number of carbonyl (C=O) groups is 2. The second-order valence-corrected chi connectivity index (χ2v) is 9.35. The van der Waals surface area contributed by atoms with Crippen LogP contribution in [0.4, 0.5) is 0 Å². The van der Waals surface area contributed by atoms with Crippen molar-refractivity contribution in [2.75, 3.05) is 32.8 Å². The summed E-state index contributed by atoms with van der Waals surface area (Å²) < 4.78 is 31.4. The largest absolute Gasteiger partial charge is 0.466 e. The number of carbonyl (C=O) groups excluding carboxylic acids is 2. The lowest BCUT2D eigenvalue weighted by Crippen LogP contribution is -2.40. The van der Waals surface area contributed by atoms with E-state index in [4.69, 9.17) is 4.74 Å². The first kappa shape index (κ1) is 20.8. The molecule has 0 radical (unpaired) electrons. The third-order valence-corrected chi connectivity index (χ3v) is 7.26. The molecule has 0 saturated carbocycles. The molecule has 28 heavy (non-hydrogen) atoms. The van der Waals surface area contributed by atoms with Gasteiger partial charge in [0.2, 0.25) is 10.0 Å². The minimum atomic E-state index is -3.29. The van der Waals surface area contributed by atoms with Crippen molar-refractivity contribution in [2.24, 2.45) is 5.92 Å². The number of piperidine rings is 1. The second-order valence-electron chi connectivity index (χ2n) is 7.38. The Balaban J connectivity index is 1.56. The molecule has 154 valence electrons. The number of hydrogen-bond acceptors (Lipinski definition) is 5. The Labute approximate surface area is 166 Å². The number of nitrogens with zero attached hydrogens (tertiary/aromatic N) is 2. The van der Waals surface area contributed by atoms with Crippen LogP contribution >= 0.6 is 0 Å². The molecule has 0 unspecified atom stereocenters. The van der Waals surface area contributed by atoms with Gasteiger partial charge >= 0.3 is 5.97 Å². The van der Waals surface area contributed by atoms with E-state index in [0.717, 1.165) is 12.8 Å². The molecule has 0 aromatic heterocycles. The Morgan fingerprint density at radius 2 is 1.64 bits per heavy atom. The topological polar surface area (TPSA) is 84.0 Å². The molecule has 1 aromatic carbocycles. The van der Waals surface area contributed by atoms with E-state index in [9.17, 15) is 18.0 Å². The Kier molecular flexibility index (Phi) is 6.72. The molecule has 0 atom stereocenters. The smallest absolute Gasteiger partial charge is 0.309 e. The molecule has 7 nitrogen and oxygen atoms in total. The van der Waals surface area contributed by atoms with Gasteiger partial charge in [-0.3, -0.25) is 9.59 Å². The molecule has 2 aliphatic rings. The van der Waals surface area contributed by atoms with Crippen molar-refractivity contribution >= 4 is 21.9 Å². The average Bonchev–Trinajstić information content (AvgIpc) is 3.24. The van der Waals surface area contributed by atoms with Gasteiger partial charge in [0, 0.05) is 31.7 Å². The lowest BCUT2D eigenvalue weighted by Gasteiger charge is -2.31. The van der Waals surface area contributed by atoms with Crippen molar-refractivity contribution in [1.82, 2.24) is 9.21 Å². The maximum Gasteiger partial charge on any atom is 0.309 e. The molecule has 2 fully saturated rings. The minimum absolute atomic E-state index is 0.0353. The second kappa shape index (κ2) is 9.05. The number of benzene rings is 1. The first-order chi connectivity index (χ1) is 13.4. The van der Waals surface area contributed by atoms with Gasteiger partial charge < -0.3 is 9.64 Å². The van der Waals surface area contributed by atoms with E-state index in [0.29, 0.717) is 56.8 Å². The fourth-order valence-corrected chi connectivity index (χ4v) is 5.38. The zero-order valence-electron chi connectivity index (χ0n) is 16.3. The van der Waals surface area contributed by atoms with E-state index in [1.807, 2.05) is 0 Å². The van der Waals surface area contributed by atoms with Gasteiger partial charge in [0.15, 0.2) is 0 Å². The van der Waals surface area contributed by atoms with Gasteiger partial charge in [-0.25, -0.2) is 12.7 Å². The molecule has 2 heterocycles. The minimum Gasteiger partial charge on any atom is -0.466 e. The summed E-state index contributed by atoms with van der Waals surface area (Å²) in [6.45, 7) is 4.40. The zero-order valence-corrected chi connectivity index (χ0v) is 17.1. The van der Waals surface area contributed by atoms with Crippen LogP contribution in [0.25, 0.3) is 0 Å². The van der Waals surface area contributed by atoms with Crippen LogP contribution in [0, 0.1) is 5.92 Å². The highest BCUT2D eigenvalue weighted by atomic mass is 32.2. The van der Waals surface area contributed by atoms with Crippen molar-refractivity contribution in [3.05, 3.63) is 35.4 Å². The number of rotatable bonds is 6. The molecule has 8 heteroatoms. The van der Waals surface area contributed by atoms with Crippen molar-refractivity contribution in [2.45, 2.75) is 38.4 Å². The molecule has 1 amide bonds. The first-order valence-corrected chi connectivity index (χ1v) is 11.5. The highest BCUT2D eigenvalue weighted by Gasteiger charge is 2.29. The van der Waals surface area contributed by atoms with Crippen LogP contribution in [0.1, 0.15) is 48.5 Å². The molecule has 2 saturated heterocycles. The summed E-state index contributed by atoms with van der Waals surface area (Å²) in [5, 5.41) is 0. The molecule has 2 aliphatic heterocycles. The van der Waals surface area contributed by atoms with Gasteiger partial charge in [-0.15, -0.1) is 0 Å². The summed E-state index contributed by atoms with van der Waals surface area (Å²) in [7, 11) is -3.29. The van der Waals surface area contributed by atoms with E-state index in [-0.39, 0.29) is 23.5 Å². The third kappa shape index (κ3) is 4.91. The number of hydrogen-bond donors (Lipinski definition) is 0. The monoisotopic (exact) mass is 408 g/mol. The maximum atomic E-state index is 12.7. The van der Waals surface area contributed by atoms with Crippen LogP contribution in [0.2, 0.25) is 0 Å². The van der Waals surface area contributed by atoms with Crippen LogP contribution in [0.15, 0.2) is 24.3 Å². The van der Waals surface area contributed by atoms with Gasteiger partial charge in [-0.2, -0.15) is 0 Å². The maximum absolute atomic E-state index is 12.7. The summed E-state index contributed by atoms with van der Waals surface area (Å²) in [5.74, 6) is -0.441. The molecule has 0 spiro atoms. The molecule has 1 aromatic rings. The Hall–Kier alpha value is -1.93. The van der Waals surface area contributed by atoms with E-state index in [2.05, 4.69) is 0 Å². The van der Waals surface area contributed by atoms with Crippen LogP contribution in [0.5, 0.6) is 0 Å². The van der Waals surface area contributed by atoms with E-state index in [1.54, 1.807) is 40.4 Å². The highest BCUT2D eigenvalue weighted by molar-refractivity contribution is 7.88. The van der Waals surface area contributed by atoms with Crippen LogP contribution in [-0.4, -0.2) is 62.3 Å². The molecule has 3 rings (SSSR count). The number of sulfonamides is 1. The van der Waals surface area contributed by atoms with Crippen molar-refractivity contribution < 1.29 is 22.7 Å². The molecule has 0 bridgehead atoms. The normalized spacial score (nSPS) is 19.0. The molecular formula is C20H28N2O5S. The van der Waals surface area contributed by atoms with Crippen LogP contribution in [-0.2, 0) is 25.3 Å². The predicted octanol–water partition coefficient (Wildman–Crippen LogP) is 2.03. The highest BCUT2D eigenvalue weighted by Crippen LogP contribution is 2.21. The number of likely N-dealkylation sites (tertiary alicyclic amines) is 1. The fourth-order valence-electron chi connectivity index (χ4n) is 3.77. The fraction of sp³-hybridized carbons (Fsp3) is 0.600. The summed E-state index contributed by atoms with van der Waals surface area (Å²) in [5.41, 5.74) is 1.22. The Bertz CT molecular complexity index is 792. The lowest BCUT2D eigenvalue weighted by atomic mass is 9.96. The third-order valence-electron chi connectivity index (χ3n) is 5.41. The molecule has 0 N–H and O–H groups in total. The summed E-state index contributed by atoms with van der Waals surface area (Å²) >= 11 is 0. The van der Waals surface area contributed by atoms with Crippen molar-refractivity contribution in [1.29, 1.82) is 0 Å². The number of esters is 1. The lowest BCUT2D eigenvalue weighted by molar-refractivity contribution is -0.149. The first-order valence-electron chi connectivity index (χ1n) is 9.93. The Morgan fingerprint density at radius 1 is 1.04 bits per heavy atom. The summed E-state index contributed by atoms with van der Waals surface area (Å²) in [4.78, 5) is 26.2. The van der Waals surface area contributed by atoms with Gasteiger partial charge in [-0.1, -0.05) is 12.1 Å². The number of ether oxygens (including phenoxy) is 1. The van der Waals surface area contributed by atoms with Gasteiger partial charge in [0.05, 0.1) is 18.3 Å². The van der Waals surface area contributed by atoms with Crippen molar-refractivity contribution in [3.63, 3.8) is 0 Å². The van der Waals surface area contributed by atoms with Gasteiger partial charge in [0.1, 0.15) is 0 Å². The molecule has 0 aliphatic carbocycles. The zero-order chi connectivity index (χ0) is 20.1. The van der Waals surface area contributed by atoms with Crippen molar-refractivity contribution in [3.8, 4) is 0 Å². The Morgan fingerprint density at radius 3 is 2.21 bits per heavy atom. The SMILES string of the molecule is CCOC(=O)C1CCN(C(=O)c2ccc(CS(=O)(=O)N3CCCC3)cc2)CC1. The standard InChI is InChI=1S/C20H28N2O5S/c1-2-27-20(24)18-9-13-21(14-10-18)19(23)17-7-5-16(6-8-17)15-28(25,26)22-11-3-4-12-22/h5-8,18H,2-4,9-15H2,1H3. The van der Waals surface area contributed by atoms with Crippen LogP contribution in [0.3, 0.4) is 0 Å². The van der Waals surface area contributed by atoms with Gasteiger partial charge in [-0.05, 0) is 50.3 Å². The van der Waals surface area contributed by atoms with Gasteiger partial charge in [0.25, 0.3) is 5.91 Å². The van der Waals surface area contributed by atoms with Crippen LogP contribution < -0.4 is 0 Å². The predicted molar refractivity (Wildman–Crippen MR) is 105 cm³/mol.